The van der Waals surface area contributed by atoms with Crippen LogP contribution < -0.4 is 10.2 Å². The first-order chi connectivity index (χ1) is 15.9. The Morgan fingerprint density at radius 3 is 2.38 bits per heavy atom. The minimum Gasteiger partial charge on any atom is -0.443 e. The molecule has 0 radical (unpaired) electrons. The molecule has 2 aromatic rings. The number of para-hydroxylation sites is 1. The van der Waals surface area contributed by atoms with Crippen molar-refractivity contribution in [1.82, 2.24) is 5.32 Å². The van der Waals surface area contributed by atoms with E-state index in [1.807, 2.05) is 0 Å². The first-order valence-corrected chi connectivity index (χ1v) is 10.7. The van der Waals surface area contributed by atoms with Crippen LogP contribution in [0.25, 0.3) is 0 Å². The van der Waals surface area contributed by atoms with Gasteiger partial charge < -0.3 is 10.1 Å². The van der Waals surface area contributed by atoms with Crippen LogP contribution in [0.3, 0.4) is 0 Å². The standard InChI is InChI=1S/C24H26FN3O6/c1-15(29)26-20(14-27(32)33)24(13-16-9-5-7-11-18(16)25)17-10-6-8-12-19(17)28(21(24)30)22(31)34-23(2,3)4/h5-12,20H,13-14H2,1-4H3,(H,26,29)/t20-,24-/m1/s1. The van der Waals surface area contributed by atoms with Gasteiger partial charge in [-0.2, -0.15) is 0 Å². The average Bonchev–Trinajstić information content (AvgIpc) is 2.96. The Kier molecular flexibility index (Phi) is 6.72. The Bertz CT molecular complexity index is 1130. The summed E-state index contributed by atoms with van der Waals surface area (Å²) in [5.74, 6) is -2.07. The molecule has 0 fully saturated rings. The lowest BCUT2D eigenvalue weighted by Crippen LogP contribution is -2.60. The normalized spacial score (nSPS) is 18.3. The monoisotopic (exact) mass is 471 g/mol. The molecule has 1 aliphatic heterocycles. The van der Waals surface area contributed by atoms with E-state index in [4.69, 9.17) is 4.74 Å². The zero-order chi connectivity index (χ0) is 25.3. The Labute approximate surface area is 196 Å². The lowest BCUT2D eigenvalue weighted by atomic mass is 9.70. The molecule has 1 heterocycles. The van der Waals surface area contributed by atoms with E-state index in [1.54, 1.807) is 45.0 Å². The SMILES string of the molecule is CC(=O)N[C@H](C[N+](=O)[O-])[C@]1(Cc2ccccc2F)C(=O)N(C(=O)OC(C)(C)C)c2ccccc21. The largest absolute Gasteiger partial charge is 0.443 e. The second-order valence-corrected chi connectivity index (χ2v) is 9.15. The predicted molar refractivity (Wildman–Crippen MR) is 121 cm³/mol. The van der Waals surface area contributed by atoms with Crippen LogP contribution >= 0.6 is 0 Å². The summed E-state index contributed by atoms with van der Waals surface area (Å²) in [6.45, 7) is 5.25. The molecule has 2 aromatic carbocycles. The second kappa shape index (κ2) is 9.20. The molecule has 34 heavy (non-hydrogen) atoms. The summed E-state index contributed by atoms with van der Waals surface area (Å²) < 4.78 is 20.2. The number of nitro groups is 1. The highest BCUT2D eigenvalue weighted by Crippen LogP contribution is 2.47. The van der Waals surface area contributed by atoms with Gasteiger partial charge in [0, 0.05) is 11.8 Å². The minimum absolute atomic E-state index is 0.107. The van der Waals surface area contributed by atoms with Crippen LogP contribution in [0.15, 0.2) is 48.5 Å². The fraction of sp³-hybridized carbons (Fsp3) is 0.375. The fourth-order valence-electron chi connectivity index (χ4n) is 4.25. The molecule has 0 spiro atoms. The maximum absolute atomic E-state index is 14.7. The van der Waals surface area contributed by atoms with Crippen molar-refractivity contribution in [2.75, 3.05) is 11.4 Å². The van der Waals surface area contributed by atoms with Crippen molar-refractivity contribution in [3.63, 3.8) is 0 Å². The minimum atomic E-state index is -1.84. The molecule has 0 aliphatic carbocycles. The number of nitrogens with one attached hydrogen (secondary N) is 1. The van der Waals surface area contributed by atoms with Gasteiger partial charge in [-0.25, -0.2) is 14.1 Å². The summed E-state index contributed by atoms with van der Waals surface area (Å²) in [4.78, 5) is 51.0. The van der Waals surface area contributed by atoms with Crippen LogP contribution in [-0.4, -0.2) is 41.0 Å². The first-order valence-electron chi connectivity index (χ1n) is 10.7. The van der Waals surface area contributed by atoms with E-state index in [2.05, 4.69) is 5.32 Å². The summed E-state index contributed by atoms with van der Waals surface area (Å²) in [5, 5.41) is 14.1. The number of anilines is 1. The third kappa shape index (κ3) is 4.75. The second-order valence-electron chi connectivity index (χ2n) is 9.15. The molecule has 9 nitrogen and oxygen atoms in total. The molecule has 0 unspecified atom stereocenters. The summed E-state index contributed by atoms with van der Waals surface area (Å²) in [6.07, 6.45) is -1.30. The Morgan fingerprint density at radius 1 is 1.18 bits per heavy atom. The van der Waals surface area contributed by atoms with Crippen LogP contribution in [0.1, 0.15) is 38.8 Å². The van der Waals surface area contributed by atoms with Crippen molar-refractivity contribution < 1.29 is 28.4 Å². The lowest BCUT2D eigenvalue weighted by molar-refractivity contribution is -0.484. The third-order valence-corrected chi connectivity index (χ3v) is 5.52. The van der Waals surface area contributed by atoms with Gasteiger partial charge in [-0.05, 0) is 50.5 Å². The van der Waals surface area contributed by atoms with E-state index < -0.39 is 52.3 Å². The number of halogens is 1. The predicted octanol–water partition coefficient (Wildman–Crippen LogP) is 3.37. The first kappa shape index (κ1) is 24.8. The number of hydrogen-bond donors (Lipinski definition) is 1. The van der Waals surface area contributed by atoms with Gasteiger partial charge >= 0.3 is 6.09 Å². The number of imide groups is 1. The molecule has 3 amide bonds. The highest BCUT2D eigenvalue weighted by atomic mass is 19.1. The van der Waals surface area contributed by atoms with E-state index in [-0.39, 0.29) is 23.2 Å². The van der Waals surface area contributed by atoms with Crippen molar-refractivity contribution in [2.24, 2.45) is 0 Å². The summed E-state index contributed by atoms with van der Waals surface area (Å²) in [6, 6.07) is 10.6. The number of carbonyl (C=O) groups is 3. The number of fused-ring (bicyclic) bond motifs is 1. The fourth-order valence-corrected chi connectivity index (χ4v) is 4.25. The number of benzene rings is 2. The van der Waals surface area contributed by atoms with Crippen LogP contribution in [0.2, 0.25) is 0 Å². The highest BCUT2D eigenvalue weighted by Gasteiger charge is 2.59. The Balaban J connectivity index is 2.28. The van der Waals surface area contributed by atoms with Crippen LogP contribution in [0.5, 0.6) is 0 Å². The van der Waals surface area contributed by atoms with Gasteiger partial charge in [0.15, 0.2) is 0 Å². The third-order valence-electron chi connectivity index (χ3n) is 5.52. The van der Waals surface area contributed by atoms with Gasteiger partial charge in [0.05, 0.1) is 5.69 Å². The molecule has 0 saturated heterocycles. The number of hydrogen-bond acceptors (Lipinski definition) is 6. The maximum Gasteiger partial charge on any atom is 0.421 e. The van der Waals surface area contributed by atoms with Crippen LogP contribution in [0, 0.1) is 15.9 Å². The van der Waals surface area contributed by atoms with Crippen molar-refractivity contribution in [3.05, 3.63) is 75.6 Å². The molecular formula is C24H26FN3O6. The zero-order valence-electron chi connectivity index (χ0n) is 19.3. The van der Waals surface area contributed by atoms with E-state index in [9.17, 15) is 28.9 Å². The average molecular weight is 471 g/mol. The van der Waals surface area contributed by atoms with E-state index in [1.165, 1.54) is 31.2 Å². The molecule has 0 saturated carbocycles. The molecule has 180 valence electrons. The molecule has 10 heteroatoms. The molecule has 1 N–H and O–H groups in total. The molecule has 0 bridgehead atoms. The number of ether oxygens (including phenoxy) is 1. The highest BCUT2D eigenvalue weighted by molar-refractivity contribution is 6.21. The van der Waals surface area contributed by atoms with Crippen molar-refractivity contribution in [2.45, 2.75) is 51.2 Å². The number of amides is 3. The van der Waals surface area contributed by atoms with E-state index in [0.717, 1.165) is 4.90 Å². The lowest BCUT2D eigenvalue weighted by Gasteiger charge is -2.35. The van der Waals surface area contributed by atoms with Gasteiger partial charge in [-0.1, -0.05) is 36.4 Å². The maximum atomic E-state index is 14.7. The molecule has 0 aromatic heterocycles. The smallest absolute Gasteiger partial charge is 0.421 e. The van der Waals surface area contributed by atoms with Crippen molar-refractivity contribution in [3.8, 4) is 0 Å². The topological polar surface area (TPSA) is 119 Å². The number of carbonyl (C=O) groups excluding carboxylic acids is 3. The van der Waals surface area contributed by atoms with E-state index >= 15 is 0 Å². The zero-order valence-corrected chi connectivity index (χ0v) is 19.3. The van der Waals surface area contributed by atoms with Gasteiger partial charge in [-0.3, -0.25) is 19.7 Å². The number of rotatable bonds is 6. The summed E-state index contributed by atoms with van der Waals surface area (Å²) in [5.41, 5.74) is -2.24. The Hall–Kier alpha value is -3.82. The molecular weight excluding hydrogens is 445 g/mol. The quantitative estimate of drug-likeness (QED) is 0.510. The van der Waals surface area contributed by atoms with Crippen LogP contribution in [0.4, 0.5) is 14.9 Å². The molecule has 2 atom stereocenters. The van der Waals surface area contributed by atoms with Crippen molar-refractivity contribution in [1.29, 1.82) is 0 Å². The van der Waals surface area contributed by atoms with Gasteiger partial charge in [0.25, 0.3) is 0 Å². The number of nitrogens with zero attached hydrogens (tertiary/aromatic N) is 2. The van der Waals surface area contributed by atoms with Crippen molar-refractivity contribution >= 4 is 23.6 Å². The molecule has 3 rings (SSSR count). The van der Waals surface area contributed by atoms with Gasteiger partial charge in [0.2, 0.25) is 18.4 Å². The molecule has 1 aliphatic rings. The summed E-state index contributed by atoms with van der Waals surface area (Å²) >= 11 is 0. The van der Waals surface area contributed by atoms with E-state index in [0.29, 0.717) is 0 Å². The Morgan fingerprint density at radius 2 is 1.79 bits per heavy atom. The van der Waals surface area contributed by atoms with Gasteiger partial charge in [0.1, 0.15) is 22.9 Å². The summed E-state index contributed by atoms with van der Waals surface area (Å²) in [7, 11) is 0. The van der Waals surface area contributed by atoms with Gasteiger partial charge in [-0.15, -0.1) is 0 Å². The van der Waals surface area contributed by atoms with Crippen LogP contribution in [-0.2, 0) is 26.2 Å².